The Morgan fingerprint density at radius 1 is 0.963 bits per heavy atom. The van der Waals surface area contributed by atoms with Gasteiger partial charge in [-0.25, -0.2) is 0 Å². The second kappa shape index (κ2) is 6.36. The largest absolute Gasteiger partial charge is 0.293 e. The predicted molar refractivity (Wildman–Crippen MR) is 112 cm³/mol. The summed E-state index contributed by atoms with van der Waals surface area (Å²) in [6.07, 6.45) is 0. The Balaban J connectivity index is 1.75. The molecule has 0 radical (unpaired) electrons. The van der Waals surface area contributed by atoms with Crippen molar-refractivity contribution in [3.8, 4) is 0 Å². The van der Waals surface area contributed by atoms with E-state index in [1.54, 1.807) is 11.8 Å². The number of hydrogen-bond donors (Lipinski definition) is 0. The van der Waals surface area contributed by atoms with Gasteiger partial charge in [0.05, 0.1) is 22.6 Å². The molecule has 0 amide bonds. The van der Waals surface area contributed by atoms with Gasteiger partial charge in [-0.2, -0.15) is 0 Å². The molecule has 1 aliphatic heterocycles. The van der Waals surface area contributed by atoms with Gasteiger partial charge in [-0.1, -0.05) is 60.1 Å². The van der Waals surface area contributed by atoms with Gasteiger partial charge in [0.25, 0.3) is 0 Å². The quantitative estimate of drug-likeness (QED) is 0.480. The zero-order valence-corrected chi connectivity index (χ0v) is 16.2. The molecular formula is C23H16ClNOS. The van der Waals surface area contributed by atoms with E-state index in [1.165, 1.54) is 0 Å². The molecule has 0 unspecified atom stereocenters. The van der Waals surface area contributed by atoms with Crippen molar-refractivity contribution in [3.05, 3.63) is 94.0 Å². The lowest BCUT2D eigenvalue weighted by Crippen LogP contribution is -2.22. The number of carbonyl (C=O) groups excluding carboxylic acids is 1. The molecule has 0 N–H and O–H groups in total. The van der Waals surface area contributed by atoms with Gasteiger partial charge >= 0.3 is 0 Å². The highest BCUT2D eigenvalue weighted by molar-refractivity contribution is 7.99. The van der Waals surface area contributed by atoms with Crippen LogP contribution in [0.2, 0.25) is 5.02 Å². The number of fused-ring (bicyclic) bond motifs is 4. The first-order valence-electron chi connectivity index (χ1n) is 8.87. The number of para-hydroxylation sites is 1. The molecule has 0 saturated carbocycles. The van der Waals surface area contributed by atoms with Crippen molar-refractivity contribution in [1.82, 2.24) is 0 Å². The fraction of sp³-hybridized carbons (Fsp3) is 0.130. The number of ketones is 1. The molecule has 3 aromatic rings. The standard InChI is InChI=1S/C23H16ClNOS/c1-13-10-11-14(12-17(13)24)23-20-21(15-6-2-3-7-16(15)22(20)26)25-18-8-4-5-9-19(18)27-23/h2-12,20,23H,1H3/t20-,23+/m0/s1. The lowest BCUT2D eigenvalue weighted by molar-refractivity contribution is 0.0960. The first kappa shape index (κ1) is 16.8. The van der Waals surface area contributed by atoms with E-state index in [0.29, 0.717) is 0 Å². The van der Waals surface area contributed by atoms with E-state index < -0.39 is 0 Å². The third kappa shape index (κ3) is 2.65. The molecule has 0 saturated heterocycles. The zero-order valence-electron chi connectivity index (χ0n) is 14.6. The first-order chi connectivity index (χ1) is 13.1. The summed E-state index contributed by atoms with van der Waals surface area (Å²) in [5, 5.41) is 0.664. The van der Waals surface area contributed by atoms with Crippen LogP contribution in [0.1, 0.15) is 32.3 Å². The summed E-state index contributed by atoms with van der Waals surface area (Å²) in [4.78, 5) is 19.4. The van der Waals surface area contributed by atoms with Crippen LogP contribution in [0.15, 0.2) is 76.6 Å². The molecule has 2 nitrogen and oxygen atoms in total. The Bertz CT molecular complexity index is 1120. The van der Waals surface area contributed by atoms with E-state index in [1.807, 2.05) is 61.5 Å². The average molecular weight is 390 g/mol. The summed E-state index contributed by atoms with van der Waals surface area (Å²) in [6.45, 7) is 1.99. The van der Waals surface area contributed by atoms with Gasteiger partial charge < -0.3 is 0 Å². The van der Waals surface area contributed by atoms with Crippen molar-refractivity contribution in [2.75, 3.05) is 0 Å². The molecule has 3 aromatic carbocycles. The van der Waals surface area contributed by atoms with Crippen molar-refractivity contribution in [2.24, 2.45) is 10.9 Å². The van der Waals surface area contributed by atoms with E-state index in [-0.39, 0.29) is 17.0 Å². The number of hydrogen-bond acceptors (Lipinski definition) is 3. The van der Waals surface area contributed by atoms with Crippen LogP contribution >= 0.6 is 23.4 Å². The molecule has 0 spiro atoms. The Kier molecular flexibility index (Phi) is 3.96. The maximum atomic E-state index is 13.3. The predicted octanol–water partition coefficient (Wildman–Crippen LogP) is 6.43. The number of aliphatic imine (C=N–C) groups is 1. The van der Waals surface area contributed by atoms with Crippen molar-refractivity contribution < 1.29 is 4.79 Å². The van der Waals surface area contributed by atoms with Crippen molar-refractivity contribution in [1.29, 1.82) is 0 Å². The lowest BCUT2D eigenvalue weighted by Gasteiger charge is -2.22. The Morgan fingerprint density at radius 3 is 2.52 bits per heavy atom. The Labute approximate surface area is 167 Å². The van der Waals surface area contributed by atoms with Gasteiger partial charge in [0.2, 0.25) is 0 Å². The topological polar surface area (TPSA) is 29.4 Å². The van der Waals surface area contributed by atoms with Crippen LogP contribution in [0.5, 0.6) is 0 Å². The number of aryl methyl sites for hydroxylation is 1. The minimum Gasteiger partial charge on any atom is -0.293 e. The highest BCUT2D eigenvalue weighted by atomic mass is 35.5. The molecule has 1 aliphatic carbocycles. The van der Waals surface area contributed by atoms with Crippen LogP contribution in [-0.2, 0) is 0 Å². The molecule has 132 valence electrons. The molecule has 0 aromatic heterocycles. The minimum absolute atomic E-state index is 0.0644. The molecule has 0 fully saturated rings. The van der Waals surface area contributed by atoms with Gasteiger partial charge in [-0.3, -0.25) is 9.79 Å². The number of nitrogens with zero attached hydrogens (tertiary/aromatic N) is 1. The Morgan fingerprint density at radius 2 is 1.70 bits per heavy atom. The molecule has 2 aliphatic rings. The van der Waals surface area contributed by atoms with Gasteiger partial charge in [0.1, 0.15) is 0 Å². The minimum atomic E-state index is -0.307. The zero-order chi connectivity index (χ0) is 18.5. The summed E-state index contributed by atoms with van der Waals surface area (Å²) >= 11 is 8.12. The maximum absolute atomic E-state index is 13.3. The number of thioether (sulfide) groups is 1. The van der Waals surface area contributed by atoms with Gasteiger partial charge in [0.15, 0.2) is 5.78 Å². The highest BCUT2D eigenvalue weighted by Crippen LogP contribution is 2.51. The maximum Gasteiger partial charge on any atom is 0.174 e. The van der Waals surface area contributed by atoms with E-state index in [0.717, 1.165) is 43.6 Å². The number of Topliss-reactive ketones (excluding diaryl/α,β-unsaturated/α-hetero) is 1. The number of rotatable bonds is 1. The van der Waals surface area contributed by atoms with Gasteiger partial charge in [-0.15, -0.1) is 11.8 Å². The molecular weight excluding hydrogens is 374 g/mol. The van der Waals surface area contributed by atoms with Crippen LogP contribution in [-0.4, -0.2) is 11.5 Å². The van der Waals surface area contributed by atoms with Crippen molar-refractivity contribution in [2.45, 2.75) is 17.1 Å². The summed E-state index contributed by atoms with van der Waals surface area (Å²) in [5.41, 5.74) is 5.61. The van der Waals surface area contributed by atoms with Crippen LogP contribution < -0.4 is 0 Å². The van der Waals surface area contributed by atoms with Crippen molar-refractivity contribution >= 4 is 40.5 Å². The van der Waals surface area contributed by atoms with E-state index >= 15 is 0 Å². The molecule has 27 heavy (non-hydrogen) atoms. The molecule has 5 rings (SSSR count). The van der Waals surface area contributed by atoms with E-state index in [4.69, 9.17) is 16.6 Å². The van der Waals surface area contributed by atoms with Crippen LogP contribution in [0.25, 0.3) is 0 Å². The van der Waals surface area contributed by atoms with Gasteiger partial charge in [-0.05, 0) is 36.2 Å². The summed E-state index contributed by atoms with van der Waals surface area (Å²) in [5.74, 6) is -0.162. The SMILES string of the molecule is Cc1ccc([C@H]2Sc3ccccc3N=C3c4ccccc4C(=O)[C@H]32)cc1Cl. The van der Waals surface area contributed by atoms with Crippen LogP contribution in [0.3, 0.4) is 0 Å². The molecule has 4 heteroatoms. The molecule has 1 heterocycles. The van der Waals surface area contributed by atoms with Crippen LogP contribution in [0, 0.1) is 12.8 Å². The number of benzene rings is 3. The first-order valence-corrected chi connectivity index (χ1v) is 10.1. The smallest absolute Gasteiger partial charge is 0.174 e. The third-order valence-corrected chi connectivity index (χ3v) is 7.04. The fourth-order valence-corrected chi connectivity index (χ4v) is 5.35. The summed E-state index contributed by atoms with van der Waals surface area (Å²) < 4.78 is 0. The third-order valence-electron chi connectivity index (χ3n) is 5.23. The number of halogens is 1. The van der Waals surface area contributed by atoms with Gasteiger partial charge in [0, 0.05) is 21.0 Å². The second-order valence-corrected chi connectivity index (χ2v) is 8.49. The lowest BCUT2D eigenvalue weighted by atomic mass is 9.93. The highest BCUT2D eigenvalue weighted by Gasteiger charge is 2.44. The average Bonchev–Trinajstić information content (AvgIpc) is 2.85. The van der Waals surface area contributed by atoms with E-state index in [9.17, 15) is 4.79 Å². The summed E-state index contributed by atoms with van der Waals surface area (Å²) in [7, 11) is 0. The monoisotopic (exact) mass is 389 g/mol. The molecule has 0 bridgehead atoms. The fourth-order valence-electron chi connectivity index (χ4n) is 3.82. The Hall–Kier alpha value is -2.36. The second-order valence-electron chi connectivity index (χ2n) is 6.90. The number of carbonyl (C=O) groups is 1. The molecule has 2 atom stereocenters. The van der Waals surface area contributed by atoms with Crippen molar-refractivity contribution in [3.63, 3.8) is 0 Å². The van der Waals surface area contributed by atoms with E-state index in [2.05, 4.69) is 12.1 Å². The van der Waals surface area contributed by atoms with Crippen LogP contribution in [0.4, 0.5) is 5.69 Å². The summed E-state index contributed by atoms with van der Waals surface area (Å²) in [6, 6.07) is 22.0. The normalized spacial score (nSPS) is 20.4.